The lowest BCUT2D eigenvalue weighted by atomic mass is 10.0. The van der Waals surface area contributed by atoms with E-state index in [0.29, 0.717) is 19.4 Å². The summed E-state index contributed by atoms with van der Waals surface area (Å²) in [5, 5.41) is 11.8. The van der Waals surface area contributed by atoms with Crippen LogP contribution >= 0.6 is 0 Å². The fourth-order valence-corrected chi connectivity index (χ4v) is 2.55. The number of aliphatic hydroxyl groups is 1. The molecule has 0 spiro atoms. The Kier molecular flexibility index (Phi) is 12.0. The number of nitrogens with zero attached hydrogens (tertiary/aromatic N) is 1. The summed E-state index contributed by atoms with van der Waals surface area (Å²) in [6.45, 7) is 7.78. The molecule has 0 amide bonds. The SMILES string of the molecule is C=C/C=C\C/C=C\CCC(O)C/C(C=C)=C/C=C(\CN)N(N)c1ccccc1. The molecule has 0 radical (unpaired) electrons. The number of aliphatic hydroxyl groups excluding tert-OH is 1. The highest BCUT2D eigenvalue weighted by Gasteiger charge is 2.07. The Hall–Kier alpha value is -2.66. The van der Waals surface area contributed by atoms with Gasteiger partial charge in [0.05, 0.1) is 11.8 Å². The molecule has 0 heterocycles. The van der Waals surface area contributed by atoms with E-state index in [1.807, 2.05) is 54.6 Å². The zero-order valence-electron chi connectivity index (χ0n) is 16.6. The van der Waals surface area contributed by atoms with Gasteiger partial charge in [-0.3, -0.25) is 5.01 Å². The molecule has 1 unspecified atom stereocenters. The second-order valence-corrected chi connectivity index (χ2v) is 6.32. The first kappa shape index (κ1) is 23.4. The minimum atomic E-state index is -0.421. The molecule has 0 saturated heterocycles. The van der Waals surface area contributed by atoms with Crippen LogP contribution in [0.4, 0.5) is 5.69 Å². The van der Waals surface area contributed by atoms with E-state index in [1.165, 1.54) is 0 Å². The van der Waals surface area contributed by atoms with Gasteiger partial charge in [0.15, 0.2) is 0 Å². The second kappa shape index (κ2) is 14.4. The van der Waals surface area contributed by atoms with Crippen molar-refractivity contribution in [2.75, 3.05) is 11.6 Å². The molecule has 150 valence electrons. The van der Waals surface area contributed by atoms with Gasteiger partial charge in [-0.05, 0) is 49.5 Å². The average molecular weight is 380 g/mol. The summed E-state index contributed by atoms with van der Waals surface area (Å²) in [7, 11) is 0. The molecule has 0 aliphatic heterocycles. The van der Waals surface area contributed by atoms with E-state index in [9.17, 15) is 5.11 Å². The quantitative estimate of drug-likeness (QED) is 0.203. The van der Waals surface area contributed by atoms with Crippen molar-refractivity contribution in [3.8, 4) is 0 Å². The number of hydrogen-bond acceptors (Lipinski definition) is 4. The first-order chi connectivity index (χ1) is 13.6. The highest BCUT2D eigenvalue weighted by atomic mass is 16.3. The van der Waals surface area contributed by atoms with Crippen LogP contribution in [0.25, 0.3) is 0 Å². The highest BCUT2D eigenvalue weighted by Crippen LogP contribution is 2.16. The van der Waals surface area contributed by atoms with Crippen molar-refractivity contribution in [3.63, 3.8) is 0 Å². The number of nitrogens with two attached hydrogens (primary N) is 2. The Labute approximate surface area is 169 Å². The van der Waals surface area contributed by atoms with Gasteiger partial charge in [-0.2, -0.15) is 0 Å². The minimum absolute atomic E-state index is 0.306. The topological polar surface area (TPSA) is 75.5 Å². The lowest BCUT2D eigenvalue weighted by Gasteiger charge is -2.21. The maximum absolute atomic E-state index is 10.3. The van der Waals surface area contributed by atoms with Gasteiger partial charge in [-0.15, -0.1) is 0 Å². The third-order valence-corrected chi connectivity index (χ3v) is 4.15. The van der Waals surface area contributed by atoms with E-state index >= 15 is 0 Å². The van der Waals surface area contributed by atoms with Gasteiger partial charge in [-0.1, -0.05) is 73.9 Å². The number of para-hydroxylation sites is 1. The maximum Gasteiger partial charge on any atom is 0.0583 e. The largest absolute Gasteiger partial charge is 0.393 e. The summed E-state index contributed by atoms with van der Waals surface area (Å²) in [5.74, 6) is 6.17. The molecule has 0 aromatic heterocycles. The monoisotopic (exact) mass is 379 g/mol. The van der Waals surface area contributed by atoms with E-state index in [2.05, 4.69) is 25.3 Å². The zero-order valence-corrected chi connectivity index (χ0v) is 16.6. The number of rotatable bonds is 13. The fourth-order valence-electron chi connectivity index (χ4n) is 2.55. The molecular formula is C24H33N3O. The van der Waals surface area contributed by atoms with Crippen molar-refractivity contribution >= 4 is 5.69 Å². The lowest BCUT2D eigenvalue weighted by molar-refractivity contribution is 0.167. The number of hydrogen-bond donors (Lipinski definition) is 3. The highest BCUT2D eigenvalue weighted by molar-refractivity contribution is 5.51. The zero-order chi connectivity index (χ0) is 20.6. The van der Waals surface area contributed by atoms with Gasteiger partial charge in [-0.25, -0.2) is 5.84 Å². The third-order valence-electron chi connectivity index (χ3n) is 4.15. The molecular weight excluding hydrogens is 346 g/mol. The number of anilines is 1. The number of benzene rings is 1. The fraction of sp³-hybridized carbons (Fsp3) is 0.250. The maximum atomic E-state index is 10.3. The summed E-state index contributed by atoms with van der Waals surface area (Å²) in [6.07, 6.45) is 18.0. The normalized spacial score (nSPS) is 13.8. The van der Waals surface area contributed by atoms with Crippen LogP contribution in [0.3, 0.4) is 0 Å². The summed E-state index contributed by atoms with van der Waals surface area (Å²) in [5.41, 5.74) is 8.43. The lowest BCUT2D eigenvalue weighted by Crippen LogP contribution is -2.33. The van der Waals surface area contributed by atoms with Crippen molar-refractivity contribution in [3.05, 3.63) is 103 Å². The van der Waals surface area contributed by atoms with Crippen molar-refractivity contribution in [1.29, 1.82) is 0 Å². The number of hydrazine groups is 1. The van der Waals surface area contributed by atoms with Crippen molar-refractivity contribution in [2.24, 2.45) is 11.6 Å². The van der Waals surface area contributed by atoms with Gasteiger partial charge >= 0.3 is 0 Å². The Bertz CT molecular complexity index is 702. The van der Waals surface area contributed by atoms with Gasteiger partial charge in [0.25, 0.3) is 0 Å². The van der Waals surface area contributed by atoms with Crippen molar-refractivity contribution < 1.29 is 5.11 Å². The molecule has 0 fully saturated rings. The average Bonchev–Trinajstić information content (AvgIpc) is 2.73. The Morgan fingerprint density at radius 2 is 1.86 bits per heavy atom. The van der Waals surface area contributed by atoms with E-state index in [-0.39, 0.29) is 0 Å². The molecule has 0 bridgehead atoms. The molecule has 1 atom stereocenters. The molecule has 0 aliphatic rings. The minimum Gasteiger partial charge on any atom is -0.393 e. The summed E-state index contributed by atoms with van der Waals surface area (Å²) >= 11 is 0. The summed E-state index contributed by atoms with van der Waals surface area (Å²) in [4.78, 5) is 0. The molecule has 0 aliphatic carbocycles. The summed E-state index contributed by atoms with van der Waals surface area (Å²) < 4.78 is 0. The first-order valence-electron chi connectivity index (χ1n) is 9.55. The van der Waals surface area contributed by atoms with Gasteiger partial charge in [0.2, 0.25) is 0 Å². The predicted octanol–water partition coefficient (Wildman–Crippen LogP) is 4.54. The molecule has 0 saturated carbocycles. The molecule has 4 heteroatoms. The number of allylic oxidation sites excluding steroid dienone is 8. The molecule has 1 aromatic carbocycles. The van der Waals surface area contributed by atoms with Crippen molar-refractivity contribution in [1.82, 2.24) is 0 Å². The molecule has 1 rings (SSSR count). The van der Waals surface area contributed by atoms with Crippen LogP contribution in [0.5, 0.6) is 0 Å². The Morgan fingerprint density at radius 1 is 1.11 bits per heavy atom. The van der Waals surface area contributed by atoms with Crippen LogP contribution in [0.1, 0.15) is 25.7 Å². The van der Waals surface area contributed by atoms with Crippen LogP contribution in [-0.2, 0) is 0 Å². The van der Waals surface area contributed by atoms with Crippen LogP contribution in [0.15, 0.2) is 103 Å². The second-order valence-electron chi connectivity index (χ2n) is 6.32. The van der Waals surface area contributed by atoms with E-state index in [4.69, 9.17) is 11.6 Å². The van der Waals surface area contributed by atoms with Crippen molar-refractivity contribution in [2.45, 2.75) is 31.8 Å². The van der Waals surface area contributed by atoms with Gasteiger partial charge in [0.1, 0.15) is 0 Å². The third kappa shape index (κ3) is 9.33. The van der Waals surface area contributed by atoms with Crippen LogP contribution in [-0.4, -0.2) is 17.8 Å². The van der Waals surface area contributed by atoms with E-state index in [1.54, 1.807) is 17.2 Å². The van der Waals surface area contributed by atoms with Gasteiger partial charge in [0, 0.05) is 12.2 Å². The predicted molar refractivity (Wildman–Crippen MR) is 121 cm³/mol. The molecule has 1 aromatic rings. The van der Waals surface area contributed by atoms with Crippen LogP contribution < -0.4 is 16.6 Å². The van der Waals surface area contributed by atoms with E-state index in [0.717, 1.165) is 29.8 Å². The summed E-state index contributed by atoms with van der Waals surface area (Å²) in [6, 6.07) is 9.63. The molecule has 28 heavy (non-hydrogen) atoms. The Morgan fingerprint density at radius 3 is 2.50 bits per heavy atom. The van der Waals surface area contributed by atoms with Crippen LogP contribution in [0, 0.1) is 0 Å². The van der Waals surface area contributed by atoms with E-state index < -0.39 is 6.10 Å². The smallest absolute Gasteiger partial charge is 0.0583 e. The standard InChI is InChI=1S/C24H33N3O/c1-3-5-6-7-8-9-13-16-24(28)19-21(4-2)17-18-23(20-25)27(26)22-14-11-10-12-15-22/h3-6,8-12,14-15,17-18,24,28H,1-2,7,13,16,19-20,25-26H2/b6-5-,9-8-,21-17+,23-18+. The molecule has 5 N–H and O–H groups in total. The first-order valence-corrected chi connectivity index (χ1v) is 9.55. The molecule has 4 nitrogen and oxygen atoms in total. The van der Waals surface area contributed by atoms with Crippen LogP contribution in [0.2, 0.25) is 0 Å². The Balaban J connectivity index is 2.61. The van der Waals surface area contributed by atoms with Gasteiger partial charge < -0.3 is 10.8 Å².